The predicted molar refractivity (Wildman–Crippen MR) is 74.5 cm³/mol. The molecule has 8 nitrogen and oxygen atoms in total. The van der Waals surface area contributed by atoms with Crippen LogP contribution in [-0.2, 0) is 14.8 Å². The topological polar surface area (TPSA) is 118 Å². The van der Waals surface area contributed by atoms with Gasteiger partial charge < -0.3 is 5.11 Å². The third-order valence-corrected chi connectivity index (χ3v) is 5.05. The van der Waals surface area contributed by atoms with Crippen molar-refractivity contribution in [1.82, 2.24) is 4.31 Å². The molecular weight excluding hydrogens is 300 g/mol. The Morgan fingerprint density at radius 2 is 2.05 bits per heavy atom. The summed E-state index contributed by atoms with van der Waals surface area (Å²) in [4.78, 5) is 20.6. The number of aliphatic carboxylic acids is 1. The smallest absolute Gasteiger partial charge is 0.304 e. The summed E-state index contributed by atoms with van der Waals surface area (Å²) in [6.45, 7) is 3.03. The minimum atomic E-state index is -3.87. The fourth-order valence-corrected chi connectivity index (χ4v) is 3.50. The summed E-state index contributed by atoms with van der Waals surface area (Å²) >= 11 is 0. The van der Waals surface area contributed by atoms with Gasteiger partial charge in [0.25, 0.3) is 5.69 Å². The number of hydrogen-bond donors (Lipinski definition) is 1. The van der Waals surface area contributed by atoms with E-state index in [-0.39, 0.29) is 35.7 Å². The highest BCUT2D eigenvalue weighted by molar-refractivity contribution is 7.89. The van der Waals surface area contributed by atoms with Crippen LogP contribution >= 0.6 is 0 Å². The molecule has 0 aliphatic carbocycles. The first-order chi connectivity index (χ1) is 9.70. The Balaban J connectivity index is 3.16. The summed E-state index contributed by atoms with van der Waals surface area (Å²) in [5, 5.41) is 19.3. The summed E-state index contributed by atoms with van der Waals surface area (Å²) in [5.41, 5.74) is 0.0537. The van der Waals surface area contributed by atoms with Gasteiger partial charge >= 0.3 is 5.97 Å². The minimum absolute atomic E-state index is 0.0552. The maximum Gasteiger partial charge on any atom is 0.304 e. The highest BCUT2D eigenvalue weighted by Crippen LogP contribution is 2.24. The van der Waals surface area contributed by atoms with E-state index in [0.29, 0.717) is 0 Å². The van der Waals surface area contributed by atoms with Crippen molar-refractivity contribution >= 4 is 21.7 Å². The van der Waals surface area contributed by atoms with Gasteiger partial charge in [0.05, 0.1) is 16.2 Å². The Morgan fingerprint density at radius 3 is 2.48 bits per heavy atom. The van der Waals surface area contributed by atoms with E-state index in [2.05, 4.69) is 0 Å². The van der Waals surface area contributed by atoms with E-state index in [1.54, 1.807) is 6.92 Å². The van der Waals surface area contributed by atoms with E-state index in [9.17, 15) is 23.3 Å². The second-order valence-corrected chi connectivity index (χ2v) is 6.25. The first-order valence-electron chi connectivity index (χ1n) is 6.17. The number of hydrogen-bond acceptors (Lipinski definition) is 5. The Bertz CT molecular complexity index is 656. The molecule has 0 amide bonds. The number of sulfonamides is 1. The average molecular weight is 316 g/mol. The normalized spacial score (nSPS) is 11.6. The SMILES string of the molecule is CCN(CCC(=O)O)S(=O)(=O)c1ccc([N+](=O)[O-])cc1C. The zero-order chi connectivity index (χ0) is 16.2. The molecule has 0 spiro atoms. The zero-order valence-electron chi connectivity index (χ0n) is 11.6. The molecule has 0 heterocycles. The zero-order valence-corrected chi connectivity index (χ0v) is 12.5. The van der Waals surface area contributed by atoms with Crippen molar-refractivity contribution in [2.75, 3.05) is 13.1 Å². The number of non-ortho nitro benzene ring substituents is 1. The molecule has 116 valence electrons. The molecule has 0 aliphatic heterocycles. The van der Waals surface area contributed by atoms with E-state index in [0.717, 1.165) is 10.4 Å². The molecule has 0 saturated carbocycles. The highest BCUT2D eigenvalue weighted by atomic mass is 32.2. The van der Waals surface area contributed by atoms with Crippen LogP contribution < -0.4 is 0 Å². The molecule has 0 aromatic heterocycles. The summed E-state index contributed by atoms with van der Waals surface area (Å²) < 4.78 is 25.9. The first-order valence-corrected chi connectivity index (χ1v) is 7.61. The molecule has 0 bridgehead atoms. The highest BCUT2D eigenvalue weighted by Gasteiger charge is 2.26. The largest absolute Gasteiger partial charge is 0.481 e. The molecule has 21 heavy (non-hydrogen) atoms. The van der Waals surface area contributed by atoms with Gasteiger partial charge in [-0.25, -0.2) is 8.42 Å². The molecule has 0 saturated heterocycles. The minimum Gasteiger partial charge on any atom is -0.481 e. The number of rotatable bonds is 7. The lowest BCUT2D eigenvalue weighted by atomic mass is 10.2. The average Bonchev–Trinajstić information content (AvgIpc) is 2.38. The molecule has 0 aliphatic rings. The molecule has 9 heteroatoms. The van der Waals surface area contributed by atoms with Crippen LogP contribution in [0.2, 0.25) is 0 Å². The Morgan fingerprint density at radius 1 is 1.43 bits per heavy atom. The van der Waals surface area contributed by atoms with Gasteiger partial charge in [-0.3, -0.25) is 14.9 Å². The summed E-state index contributed by atoms with van der Waals surface area (Å²) in [7, 11) is -3.87. The van der Waals surface area contributed by atoms with Crippen molar-refractivity contribution in [3.63, 3.8) is 0 Å². The Kier molecular flexibility index (Phi) is 5.39. The number of carbonyl (C=O) groups is 1. The predicted octanol–water partition coefficient (Wildman–Crippen LogP) is 1.39. The van der Waals surface area contributed by atoms with E-state index >= 15 is 0 Å². The van der Waals surface area contributed by atoms with Crippen molar-refractivity contribution in [1.29, 1.82) is 0 Å². The van der Waals surface area contributed by atoms with Crippen LogP contribution in [0.15, 0.2) is 23.1 Å². The van der Waals surface area contributed by atoms with Gasteiger partial charge in [0.1, 0.15) is 0 Å². The van der Waals surface area contributed by atoms with Crippen LogP contribution in [0.1, 0.15) is 18.9 Å². The van der Waals surface area contributed by atoms with Crippen molar-refractivity contribution in [3.8, 4) is 0 Å². The fraction of sp³-hybridized carbons (Fsp3) is 0.417. The molecule has 1 aromatic rings. The van der Waals surface area contributed by atoms with E-state index < -0.39 is 20.9 Å². The summed E-state index contributed by atoms with van der Waals surface area (Å²) in [6, 6.07) is 3.47. The second-order valence-electron chi connectivity index (χ2n) is 4.35. The van der Waals surface area contributed by atoms with E-state index in [1.807, 2.05) is 0 Å². The van der Waals surface area contributed by atoms with Gasteiger partial charge in [-0.1, -0.05) is 6.92 Å². The quantitative estimate of drug-likeness (QED) is 0.600. The molecule has 0 radical (unpaired) electrons. The summed E-state index contributed by atoms with van der Waals surface area (Å²) in [5.74, 6) is -1.09. The lowest BCUT2D eigenvalue weighted by Crippen LogP contribution is -2.33. The maximum absolute atomic E-state index is 12.4. The number of nitro benzene ring substituents is 1. The van der Waals surface area contributed by atoms with Crippen molar-refractivity contribution < 1.29 is 23.2 Å². The van der Waals surface area contributed by atoms with Crippen LogP contribution in [0.4, 0.5) is 5.69 Å². The molecule has 0 unspecified atom stereocenters. The van der Waals surface area contributed by atoms with Crippen molar-refractivity contribution in [2.45, 2.75) is 25.2 Å². The lowest BCUT2D eigenvalue weighted by molar-refractivity contribution is -0.385. The lowest BCUT2D eigenvalue weighted by Gasteiger charge is -2.20. The molecule has 0 fully saturated rings. The van der Waals surface area contributed by atoms with Crippen LogP contribution in [0, 0.1) is 17.0 Å². The van der Waals surface area contributed by atoms with Crippen LogP contribution in [0.25, 0.3) is 0 Å². The van der Waals surface area contributed by atoms with Gasteiger partial charge in [0.15, 0.2) is 0 Å². The maximum atomic E-state index is 12.4. The Labute approximate surface area is 122 Å². The number of aryl methyl sites for hydroxylation is 1. The number of carboxylic acids is 1. The number of benzene rings is 1. The number of nitro groups is 1. The number of carboxylic acid groups (broad SMARTS) is 1. The summed E-state index contributed by atoms with van der Waals surface area (Å²) in [6.07, 6.45) is -0.306. The monoisotopic (exact) mass is 316 g/mol. The van der Waals surface area contributed by atoms with Gasteiger partial charge in [0.2, 0.25) is 10.0 Å². The standard InChI is InChI=1S/C12H16N2O6S/c1-3-13(7-6-12(15)16)21(19,20)11-5-4-10(14(17)18)8-9(11)2/h4-5,8H,3,6-7H2,1-2H3,(H,15,16). The van der Waals surface area contributed by atoms with Gasteiger partial charge in [-0.15, -0.1) is 0 Å². The fourth-order valence-electron chi connectivity index (χ4n) is 1.84. The molecule has 1 N–H and O–H groups in total. The third-order valence-electron chi connectivity index (χ3n) is 2.91. The van der Waals surface area contributed by atoms with Gasteiger partial charge in [0, 0.05) is 25.2 Å². The van der Waals surface area contributed by atoms with Gasteiger partial charge in [-0.2, -0.15) is 4.31 Å². The van der Waals surface area contributed by atoms with E-state index in [4.69, 9.17) is 5.11 Å². The van der Waals surface area contributed by atoms with Crippen molar-refractivity contribution in [2.24, 2.45) is 0 Å². The van der Waals surface area contributed by atoms with Crippen LogP contribution in [0.3, 0.4) is 0 Å². The van der Waals surface area contributed by atoms with Gasteiger partial charge in [-0.05, 0) is 18.6 Å². The molecule has 1 rings (SSSR count). The second kappa shape index (κ2) is 6.64. The van der Waals surface area contributed by atoms with E-state index in [1.165, 1.54) is 19.1 Å². The molecule has 1 aromatic carbocycles. The Hall–Kier alpha value is -2.00. The molecule has 0 atom stereocenters. The first kappa shape index (κ1) is 17.1. The number of nitrogens with zero attached hydrogens (tertiary/aromatic N) is 2. The van der Waals surface area contributed by atoms with Crippen LogP contribution in [0.5, 0.6) is 0 Å². The van der Waals surface area contributed by atoms with Crippen molar-refractivity contribution in [3.05, 3.63) is 33.9 Å². The molecular formula is C12H16N2O6S. The van der Waals surface area contributed by atoms with Crippen LogP contribution in [-0.4, -0.2) is 41.8 Å². The third kappa shape index (κ3) is 3.99.